The number of hydrogen-bond acceptors (Lipinski definition) is 4. The van der Waals surface area contributed by atoms with Crippen LogP contribution in [0.3, 0.4) is 0 Å². The largest absolute Gasteiger partial charge is 0.491 e. The standard InChI is InChI=1S/C15H24BrNO3/c1-3-4-13(10-19-2)17-9-14(18)11-20-15-7-5-12(16)6-8-15/h5-8,13-14,17-18H,3-4,9-11H2,1-2H3. The Morgan fingerprint density at radius 1 is 1.25 bits per heavy atom. The van der Waals surface area contributed by atoms with E-state index in [4.69, 9.17) is 9.47 Å². The minimum Gasteiger partial charge on any atom is -0.491 e. The molecule has 1 rings (SSSR count). The van der Waals surface area contributed by atoms with Crippen molar-refractivity contribution in [3.8, 4) is 5.75 Å². The molecule has 114 valence electrons. The SMILES string of the molecule is CCCC(COC)NCC(O)COc1ccc(Br)cc1. The van der Waals surface area contributed by atoms with E-state index >= 15 is 0 Å². The van der Waals surface area contributed by atoms with Crippen molar-refractivity contribution in [1.29, 1.82) is 0 Å². The second-order valence-corrected chi connectivity index (χ2v) is 5.68. The summed E-state index contributed by atoms with van der Waals surface area (Å²) in [6.45, 7) is 3.58. The second-order valence-electron chi connectivity index (χ2n) is 4.77. The summed E-state index contributed by atoms with van der Waals surface area (Å²) < 4.78 is 11.7. The fourth-order valence-electron chi connectivity index (χ4n) is 1.88. The van der Waals surface area contributed by atoms with E-state index in [-0.39, 0.29) is 12.6 Å². The first kappa shape index (κ1) is 17.4. The third-order valence-corrected chi connectivity index (χ3v) is 3.43. The van der Waals surface area contributed by atoms with E-state index < -0.39 is 6.10 Å². The summed E-state index contributed by atoms with van der Waals surface area (Å²) in [6.07, 6.45) is 1.59. The van der Waals surface area contributed by atoms with Crippen molar-refractivity contribution >= 4 is 15.9 Å². The highest BCUT2D eigenvalue weighted by Crippen LogP contribution is 2.16. The van der Waals surface area contributed by atoms with Gasteiger partial charge in [-0.2, -0.15) is 0 Å². The number of hydrogen-bond donors (Lipinski definition) is 2. The van der Waals surface area contributed by atoms with Crippen molar-refractivity contribution in [2.24, 2.45) is 0 Å². The molecule has 5 heteroatoms. The van der Waals surface area contributed by atoms with Crippen LogP contribution in [0.4, 0.5) is 0 Å². The zero-order valence-corrected chi connectivity index (χ0v) is 13.7. The van der Waals surface area contributed by atoms with Crippen molar-refractivity contribution in [3.63, 3.8) is 0 Å². The van der Waals surface area contributed by atoms with Gasteiger partial charge < -0.3 is 19.9 Å². The van der Waals surface area contributed by atoms with Crippen LogP contribution in [-0.2, 0) is 4.74 Å². The van der Waals surface area contributed by atoms with Crippen molar-refractivity contribution in [2.45, 2.75) is 31.9 Å². The highest BCUT2D eigenvalue weighted by Gasteiger charge is 2.10. The predicted molar refractivity (Wildman–Crippen MR) is 84.2 cm³/mol. The molecule has 0 bridgehead atoms. The normalized spacial score (nSPS) is 14.0. The van der Waals surface area contributed by atoms with Crippen LogP contribution < -0.4 is 10.1 Å². The minimum atomic E-state index is -0.533. The number of aliphatic hydroxyl groups excluding tert-OH is 1. The minimum absolute atomic E-state index is 0.278. The maximum Gasteiger partial charge on any atom is 0.119 e. The molecule has 2 atom stereocenters. The molecule has 4 nitrogen and oxygen atoms in total. The molecule has 1 aromatic rings. The summed E-state index contributed by atoms with van der Waals surface area (Å²) in [4.78, 5) is 0. The van der Waals surface area contributed by atoms with Gasteiger partial charge in [0, 0.05) is 24.2 Å². The van der Waals surface area contributed by atoms with Crippen LogP contribution in [0.25, 0.3) is 0 Å². The molecule has 0 amide bonds. The van der Waals surface area contributed by atoms with Crippen molar-refractivity contribution in [3.05, 3.63) is 28.7 Å². The molecule has 2 unspecified atom stereocenters. The predicted octanol–water partition coefficient (Wildman–Crippen LogP) is 2.59. The van der Waals surface area contributed by atoms with Crippen molar-refractivity contribution < 1.29 is 14.6 Å². The third kappa shape index (κ3) is 7.24. The summed E-state index contributed by atoms with van der Waals surface area (Å²) in [7, 11) is 1.69. The Labute approximate surface area is 129 Å². The van der Waals surface area contributed by atoms with Gasteiger partial charge in [0.25, 0.3) is 0 Å². The molecule has 1 aromatic carbocycles. The Bertz CT molecular complexity index is 353. The highest BCUT2D eigenvalue weighted by molar-refractivity contribution is 9.10. The molecule has 0 spiro atoms. The van der Waals surface area contributed by atoms with Crippen LogP contribution in [0.2, 0.25) is 0 Å². The highest BCUT2D eigenvalue weighted by atomic mass is 79.9. The number of aliphatic hydroxyl groups is 1. The van der Waals surface area contributed by atoms with Gasteiger partial charge in [-0.15, -0.1) is 0 Å². The number of rotatable bonds is 10. The van der Waals surface area contributed by atoms with Gasteiger partial charge in [0.05, 0.1) is 6.61 Å². The summed E-state index contributed by atoms with van der Waals surface area (Å²) in [5, 5.41) is 13.2. The van der Waals surface area contributed by atoms with Gasteiger partial charge in [-0.05, 0) is 30.7 Å². The van der Waals surface area contributed by atoms with E-state index in [9.17, 15) is 5.11 Å². The molecule has 0 heterocycles. The van der Waals surface area contributed by atoms with Crippen LogP contribution in [0.5, 0.6) is 5.75 Å². The smallest absolute Gasteiger partial charge is 0.119 e. The number of halogens is 1. The number of benzene rings is 1. The van der Waals surface area contributed by atoms with Crippen LogP contribution in [0.1, 0.15) is 19.8 Å². The lowest BCUT2D eigenvalue weighted by molar-refractivity contribution is 0.0946. The Balaban J connectivity index is 2.25. The fourth-order valence-corrected chi connectivity index (χ4v) is 2.14. The first-order chi connectivity index (χ1) is 9.65. The van der Waals surface area contributed by atoms with E-state index in [1.807, 2.05) is 24.3 Å². The Kier molecular flexibility index (Phi) is 8.85. The molecule has 0 saturated heterocycles. The Hall–Kier alpha value is -0.620. The topological polar surface area (TPSA) is 50.7 Å². The lowest BCUT2D eigenvalue weighted by Gasteiger charge is -2.20. The number of nitrogens with one attached hydrogen (secondary N) is 1. The molecule has 0 aliphatic rings. The zero-order chi connectivity index (χ0) is 14.8. The molecule has 0 saturated carbocycles. The quantitative estimate of drug-likeness (QED) is 0.684. The summed E-state index contributed by atoms with van der Waals surface area (Å²) in [5.74, 6) is 0.759. The molecule has 0 aromatic heterocycles. The Morgan fingerprint density at radius 2 is 1.95 bits per heavy atom. The lowest BCUT2D eigenvalue weighted by Crippen LogP contribution is -2.40. The molecule has 20 heavy (non-hydrogen) atoms. The van der Waals surface area contributed by atoms with E-state index in [0.717, 1.165) is 23.1 Å². The maximum atomic E-state index is 9.91. The van der Waals surface area contributed by atoms with Gasteiger partial charge in [-0.25, -0.2) is 0 Å². The molecular formula is C15H24BrNO3. The molecule has 0 radical (unpaired) electrons. The summed E-state index contributed by atoms with van der Waals surface area (Å²) in [6, 6.07) is 7.85. The lowest BCUT2D eigenvalue weighted by atomic mass is 10.2. The van der Waals surface area contributed by atoms with Gasteiger partial charge in [-0.3, -0.25) is 0 Å². The summed E-state index contributed by atoms with van der Waals surface area (Å²) >= 11 is 3.37. The van der Waals surface area contributed by atoms with Gasteiger partial charge in [0.2, 0.25) is 0 Å². The van der Waals surface area contributed by atoms with E-state index in [2.05, 4.69) is 28.2 Å². The van der Waals surface area contributed by atoms with Crippen molar-refractivity contribution in [2.75, 3.05) is 26.9 Å². The van der Waals surface area contributed by atoms with Crippen molar-refractivity contribution in [1.82, 2.24) is 5.32 Å². The Morgan fingerprint density at radius 3 is 2.55 bits per heavy atom. The monoisotopic (exact) mass is 345 g/mol. The van der Waals surface area contributed by atoms with Gasteiger partial charge >= 0.3 is 0 Å². The average Bonchev–Trinajstić information content (AvgIpc) is 2.44. The molecule has 2 N–H and O–H groups in total. The van der Waals surface area contributed by atoms with E-state index in [1.54, 1.807) is 7.11 Å². The first-order valence-corrected chi connectivity index (χ1v) is 7.73. The zero-order valence-electron chi connectivity index (χ0n) is 12.1. The maximum absolute atomic E-state index is 9.91. The summed E-state index contributed by atoms with van der Waals surface area (Å²) in [5.41, 5.74) is 0. The van der Waals surface area contributed by atoms with E-state index in [1.165, 1.54) is 0 Å². The molecule has 0 aliphatic heterocycles. The van der Waals surface area contributed by atoms with Gasteiger partial charge in [0.15, 0.2) is 0 Å². The first-order valence-electron chi connectivity index (χ1n) is 6.94. The second kappa shape index (κ2) is 10.2. The van der Waals surface area contributed by atoms with Crippen LogP contribution in [0, 0.1) is 0 Å². The van der Waals surface area contributed by atoms with E-state index in [0.29, 0.717) is 13.2 Å². The molecular weight excluding hydrogens is 322 g/mol. The number of methoxy groups -OCH3 is 1. The van der Waals surface area contributed by atoms with Crippen LogP contribution >= 0.6 is 15.9 Å². The van der Waals surface area contributed by atoms with Gasteiger partial charge in [0.1, 0.15) is 18.5 Å². The van der Waals surface area contributed by atoms with Crippen LogP contribution in [0.15, 0.2) is 28.7 Å². The fraction of sp³-hybridized carbons (Fsp3) is 0.600. The van der Waals surface area contributed by atoms with Gasteiger partial charge in [-0.1, -0.05) is 29.3 Å². The molecule has 0 fully saturated rings. The van der Waals surface area contributed by atoms with Crippen LogP contribution in [-0.4, -0.2) is 44.1 Å². The molecule has 0 aliphatic carbocycles. The third-order valence-electron chi connectivity index (χ3n) is 2.90. The number of ether oxygens (including phenoxy) is 2. The average molecular weight is 346 g/mol.